The molecule has 236 valence electrons. The van der Waals surface area contributed by atoms with Crippen LogP contribution >= 0.6 is 0 Å². The summed E-state index contributed by atoms with van der Waals surface area (Å²) in [5, 5.41) is 2.60. The molecule has 2 atom stereocenters. The molecule has 2 amide bonds. The summed E-state index contributed by atoms with van der Waals surface area (Å²) in [4.78, 5) is 42.8. The van der Waals surface area contributed by atoms with Crippen molar-refractivity contribution in [3.8, 4) is 0 Å². The smallest absolute Gasteiger partial charge is 0.250 e. The van der Waals surface area contributed by atoms with Crippen LogP contribution in [-0.2, 0) is 25.7 Å². The van der Waals surface area contributed by atoms with Gasteiger partial charge >= 0.3 is 0 Å². The molecule has 3 N–H and O–H groups in total. The van der Waals surface area contributed by atoms with Gasteiger partial charge in [0.2, 0.25) is 11.8 Å². The van der Waals surface area contributed by atoms with Crippen LogP contribution in [0.1, 0.15) is 69.0 Å². The monoisotopic (exact) mass is 601 g/mol. The lowest BCUT2D eigenvalue weighted by atomic mass is 9.97. The van der Waals surface area contributed by atoms with E-state index in [9.17, 15) is 14.4 Å². The van der Waals surface area contributed by atoms with Crippen molar-refractivity contribution in [3.05, 3.63) is 96.1 Å². The Morgan fingerprint density at radius 1 is 1.11 bits per heavy atom. The molecular formula is C35H47N5O4. The van der Waals surface area contributed by atoms with Gasteiger partial charge in [-0.3, -0.25) is 14.4 Å². The predicted octanol–water partition coefficient (Wildman–Crippen LogP) is 4.70. The zero-order chi connectivity index (χ0) is 32.3. The molecule has 1 saturated heterocycles. The average molecular weight is 602 g/mol. The van der Waals surface area contributed by atoms with Gasteiger partial charge in [-0.15, -0.1) is 0 Å². The third-order valence-electron chi connectivity index (χ3n) is 7.63. The second kappa shape index (κ2) is 16.1. The molecule has 0 radical (unpaired) electrons. The zero-order valence-corrected chi connectivity index (χ0v) is 26.7. The molecule has 0 bridgehead atoms. The number of imidazole rings is 1. The van der Waals surface area contributed by atoms with Crippen molar-refractivity contribution in [3.63, 3.8) is 0 Å². The number of nitrogens with two attached hydrogens (primary N) is 1. The van der Waals surface area contributed by atoms with Gasteiger partial charge in [0, 0.05) is 19.3 Å². The second-order valence-corrected chi connectivity index (χ2v) is 12.1. The standard InChI is InChI=1S/C20H25N3O.C15H22N2O3/c1-4-18-13-23(14-21-18)19(17-7-5-15(2)6-8-17)20(24)22-11-9-16(3)10-12-22;1-11(18)13(17-14(19)15(2,3)16)10-20-9-12-7-5-4-6-8-12/h4-8,13-14,16,19H,1,9-12H2,2-3H3;4-8,13H,9-10,16H2,1-3H3,(H,17,19)/t;13-/m.1/s1. The highest BCUT2D eigenvalue weighted by atomic mass is 16.5. The molecule has 1 fully saturated rings. The van der Waals surface area contributed by atoms with Gasteiger partial charge in [-0.2, -0.15) is 0 Å². The molecular weight excluding hydrogens is 554 g/mol. The quantitative estimate of drug-likeness (QED) is 0.329. The van der Waals surface area contributed by atoms with E-state index in [0.717, 1.165) is 42.8 Å². The van der Waals surface area contributed by atoms with Gasteiger partial charge < -0.3 is 25.3 Å². The van der Waals surface area contributed by atoms with Crippen LogP contribution < -0.4 is 11.1 Å². The maximum Gasteiger partial charge on any atom is 0.250 e. The molecule has 2 aromatic carbocycles. The van der Waals surface area contributed by atoms with Crippen LogP contribution in [0.25, 0.3) is 6.08 Å². The van der Waals surface area contributed by atoms with Crippen molar-refractivity contribution in [1.29, 1.82) is 0 Å². The third kappa shape index (κ3) is 10.3. The van der Waals surface area contributed by atoms with E-state index in [-0.39, 0.29) is 30.2 Å². The number of likely N-dealkylation sites (tertiary alicyclic amines) is 1. The van der Waals surface area contributed by atoms with Crippen LogP contribution in [0.2, 0.25) is 0 Å². The lowest BCUT2D eigenvalue weighted by molar-refractivity contribution is -0.135. The minimum absolute atomic E-state index is 0.131. The van der Waals surface area contributed by atoms with Gasteiger partial charge in [0.05, 0.1) is 30.8 Å². The van der Waals surface area contributed by atoms with Crippen molar-refractivity contribution < 1.29 is 19.1 Å². The van der Waals surface area contributed by atoms with Gasteiger partial charge in [0.25, 0.3) is 0 Å². The van der Waals surface area contributed by atoms with E-state index in [1.54, 1.807) is 26.3 Å². The van der Waals surface area contributed by atoms with Gasteiger partial charge in [0.15, 0.2) is 5.78 Å². The largest absolute Gasteiger partial charge is 0.374 e. The van der Waals surface area contributed by atoms with E-state index in [0.29, 0.717) is 12.5 Å². The van der Waals surface area contributed by atoms with Crippen LogP contribution in [0.15, 0.2) is 73.7 Å². The highest BCUT2D eigenvalue weighted by Gasteiger charge is 2.30. The number of amides is 2. The first kappa shape index (κ1) is 34.4. The van der Waals surface area contributed by atoms with Crippen molar-refractivity contribution in [2.45, 2.75) is 71.7 Å². The minimum Gasteiger partial charge on any atom is -0.374 e. The first-order valence-electron chi connectivity index (χ1n) is 15.1. The Labute approximate surface area is 261 Å². The van der Waals surface area contributed by atoms with Crippen LogP contribution in [0.4, 0.5) is 0 Å². The van der Waals surface area contributed by atoms with Gasteiger partial charge in [0.1, 0.15) is 12.1 Å². The topological polar surface area (TPSA) is 120 Å². The number of aryl methyl sites for hydroxylation is 1. The molecule has 1 aliphatic rings. The molecule has 9 nitrogen and oxygen atoms in total. The summed E-state index contributed by atoms with van der Waals surface area (Å²) in [6, 6.07) is 16.8. The zero-order valence-electron chi connectivity index (χ0n) is 26.7. The number of Topliss-reactive ketones (excluding diaryl/α,β-unsaturated/α-hetero) is 1. The van der Waals surface area contributed by atoms with Crippen LogP contribution in [0.5, 0.6) is 0 Å². The van der Waals surface area contributed by atoms with Crippen molar-refractivity contribution in [2.75, 3.05) is 19.7 Å². The molecule has 2 heterocycles. The van der Waals surface area contributed by atoms with Crippen LogP contribution in [0, 0.1) is 12.8 Å². The van der Waals surface area contributed by atoms with Crippen LogP contribution in [-0.4, -0.2) is 63.3 Å². The number of hydrogen-bond acceptors (Lipinski definition) is 6. The highest BCUT2D eigenvalue weighted by molar-refractivity contribution is 5.91. The Bertz CT molecular complexity index is 1370. The minimum atomic E-state index is -1.02. The maximum absolute atomic E-state index is 13.2. The number of carbonyl (C=O) groups excluding carboxylic acids is 3. The summed E-state index contributed by atoms with van der Waals surface area (Å²) >= 11 is 0. The predicted molar refractivity (Wildman–Crippen MR) is 174 cm³/mol. The summed E-state index contributed by atoms with van der Waals surface area (Å²) in [6.45, 7) is 14.9. The lowest BCUT2D eigenvalue weighted by Gasteiger charge is -2.33. The van der Waals surface area contributed by atoms with Crippen molar-refractivity contribution in [1.82, 2.24) is 19.8 Å². The van der Waals surface area contributed by atoms with Crippen LogP contribution in [0.3, 0.4) is 0 Å². The Hall–Kier alpha value is -4.08. The Balaban J connectivity index is 0.000000245. The second-order valence-electron chi connectivity index (χ2n) is 12.1. The lowest BCUT2D eigenvalue weighted by Crippen LogP contribution is -2.54. The fraction of sp³-hybridized carbons (Fsp3) is 0.429. The normalized spacial score (nSPS) is 15.0. The van der Waals surface area contributed by atoms with E-state index in [1.165, 1.54) is 12.5 Å². The number of hydrogen-bond donors (Lipinski definition) is 2. The van der Waals surface area contributed by atoms with Crippen molar-refractivity contribution >= 4 is 23.7 Å². The summed E-state index contributed by atoms with van der Waals surface area (Å²) < 4.78 is 7.39. The molecule has 1 aromatic heterocycles. The van der Waals surface area contributed by atoms with E-state index in [1.807, 2.05) is 58.1 Å². The SMILES string of the molecule is C=Cc1cn(C(C(=O)N2CCC(C)CC2)c2ccc(C)cc2)cn1.CC(=O)[C@@H](COCc1ccccc1)NC(=O)C(C)(C)N. The third-order valence-corrected chi connectivity index (χ3v) is 7.63. The fourth-order valence-corrected chi connectivity index (χ4v) is 4.67. The summed E-state index contributed by atoms with van der Waals surface area (Å²) in [5.74, 6) is 0.322. The molecule has 0 aliphatic carbocycles. The van der Waals surface area contributed by atoms with E-state index in [4.69, 9.17) is 10.5 Å². The molecule has 3 aromatic rings. The van der Waals surface area contributed by atoms with E-state index >= 15 is 0 Å². The molecule has 1 unspecified atom stereocenters. The molecule has 9 heteroatoms. The number of piperidine rings is 1. The first-order chi connectivity index (χ1) is 20.9. The van der Waals surface area contributed by atoms with Gasteiger partial charge in [-0.25, -0.2) is 4.98 Å². The molecule has 44 heavy (non-hydrogen) atoms. The fourth-order valence-electron chi connectivity index (χ4n) is 4.67. The summed E-state index contributed by atoms with van der Waals surface area (Å²) in [7, 11) is 0. The molecule has 0 saturated carbocycles. The number of nitrogens with zero attached hydrogens (tertiary/aromatic N) is 3. The summed E-state index contributed by atoms with van der Waals surface area (Å²) in [5.41, 5.74) is 8.65. The van der Waals surface area contributed by atoms with Gasteiger partial charge in [-0.05, 0) is 63.7 Å². The first-order valence-corrected chi connectivity index (χ1v) is 15.1. The van der Waals surface area contributed by atoms with Gasteiger partial charge in [-0.1, -0.05) is 73.7 Å². The van der Waals surface area contributed by atoms with E-state index < -0.39 is 11.6 Å². The number of benzene rings is 2. The van der Waals surface area contributed by atoms with Crippen molar-refractivity contribution in [2.24, 2.45) is 11.7 Å². The Morgan fingerprint density at radius 3 is 2.30 bits per heavy atom. The summed E-state index contributed by atoms with van der Waals surface area (Å²) in [6.07, 6.45) is 7.48. The molecule has 4 rings (SSSR count). The molecule has 0 spiro atoms. The number of carbonyl (C=O) groups is 3. The Kier molecular flexibility index (Phi) is 12.6. The maximum atomic E-state index is 13.2. The molecule has 1 aliphatic heterocycles. The Morgan fingerprint density at radius 2 is 1.75 bits per heavy atom. The number of ether oxygens (including phenoxy) is 1. The number of aromatic nitrogens is 2. The number of ketones is 1. The highest BCUT2D eigenvalue weighted by Crippen LogP contribution is 2.25. The van der Waals surface area contributed by atoms with E-state index in [2.05, 4.69) is 42.9 Å². The average Bonchev–Trinajstić information content (AvgIpc) is 3.47. The number of nitrogens with one attached hydrogen (secondary N) is 1. The number of rotatable bonds is 11.